The third kappa shape index (κ3) is 3.59. The SMILES string of the molecule is CC(C)[C@H](NC(=O)n1c(=O)n(Cc2ccccn2)c2ccccc21)C(N)=O. The van der Waals surface area contributed by atoms with Crippen LogP contribution < -0.4 is 16.7 Å². The number of hydrogen-bond acceptors (Lipinski definition) is 4. The number of imidazole rings is 1. The Kier molecular flexibility index (Phi) is 5.07. The molecule has 3 rings (SSSR count). The molecule has 0 aliphatic carbocycles. The summed E-state index contributed by atoms with van der Waals surface area (Å²) in [5.41, 5.74) is 6.60. The number of rotatable bonds is 5. The van der Waals surface area contributed by atoms with Crippen LogP contribution in [0.4, 0.5) is 4.79 Å². The van der Waals surface area contributed by atoms with Crippen molar-refractivity contribution in [1.82, 2.24) is 19.4 Å². The highest BCUT2D eigenvalue weighted by Gasteiger charge is 2.25. The van der Waals surface area contributed by atoms with Gasteiger partial charge in [0.25, 0.3) is 0 Å². The number of nitrogens with one attached hydrogen (secondary N) is 1. The maximum atomic E-state index is 13.0. The van der Waals surface area contributed by atoms with E-state index in [9.17, 15) is 14.4 Å². The molecule has 0 fully saturated rings. The number of carbonyl (C=O) groups excluding carboxylic acids is 2. The number of hydrogen-bond donors (Lipinski definition) is 2. The molecule has 0 radical (unpaired) electrons. The predicted molar refractivity (Wildman–Crippen MR) is 101 cm³/mol. The number of nitrogens with zero attached hydrogens (tertiary/aromatic N) is 3. The lowest BCUT2D eigenvalue weighted by atomic mass is 10.0. The van der Waals surface area contributed by atoms with Gasteiger partial charge in [-0.05, 0) is 30.2 Å². The first-order valence-corrected chi connectivity index (χ1v) is 8.60. The fourth-order valence-corrected chi connectivity index (χ4v) is 2.97. The van der Waals surface area contributed by atoms with Crippen LogP contribution in [0, 0.1) is 5.92 Å². The van der Waals surface area contributed by atoms with Gasteiger partial charge in [-0.3, -0.25) is 14.3 Å². The van der Waals surface area contributed by atoms with Gasteiger partial charge in [0.2, 0.25) is 5.91 Å². The van der Waals surface area contributed by atoms with E-state index in [0.717, 1.165) is 4.57 Å². The van der Waals surface area contributed by atoms with Gasteiger partial charge in [0, 0.05) is 6.20 Å². The number of para-hydroxylation sites is 2. The number of aromatic nitrogens is 3. The molecule has 0 unspecified atom stereocenters. The van der Waals surface area contributed by atoms with E-state index in [0.29, 0.717) is 16.7 Å². The molecule has 0 aliphatic rings. The first kappa shape index (κ1) is 18.4. The molecule has 3 aromatic rings. The summed E-state index contributed by atoms with van der Waals surface area (Å²) in [6.07, 6.45) is 1.65. The summed E-state index contributed by atoms with van der Waals surface area (Å²) in [5, 5.41) is 2.56. The van der Waals surface area contributed by atoms with Crippen LogP contribution in [-0.4, -0.2) is 32.1 Å². The fraction of sp³-hybridized carbons (Fsp3) is 0.263. The molecule has 2 amide bonds. The van der Waals surface area contributed by atoms with Gasteiger partial charge in [-0.2, -0.15) is 0 Å². The lowest BCUT2D eigenvalue weighted by Gasteiger charge is -2.18. The van der Waals surface area contributed by atoms with Crippen molar-refractivity contribution in [3.8, 4) is 0 Å². The average molecular weight is 367 g/mol. The summed E-state index contributed by atoms with van der Waals surface area (Å²) in [6, 6.07) is 10.8. The second kappa shape index (κ2) is 7.45. The first-order valence-electron chi connectivity index (χ1n) is 8.60. The second-order valence-electron chi connectivity index (χ2n) is 6.59. The minimum absolute atomic E-state index is 0.205. The van der Waals surface area contributed by atoms with Gasteiger partial charge in [-0.25, -0.2) is 14.2 Å². The molecule has 2 heterocycles. The van der Waals surface area contributed by atoms with Crippen LogP contribution in [0.1, 0.15) is 19.5 Å². The van der Waals surface area contributed by atoms with Crippen molar-refractivity contribution in [3.63, 3.8) is 0 Å². The van der Waals surface area contributed by atoms with Gasteiger partial charge in [0.05, 0.1) is 23.3 Å². The highest BCUT2D eigenvalue weighted by atomic mass is 16.2. The molecule has 1 aromatic carbocycles. The smallest absolute Gasteiger partial charge is 0.337 e. The number of pyridine rings is 1. The van der Waals surface area contributed by atoms with Crippen LogP contribution in [0.5, 0.6) is 0 Å². The van der Waals surface area contributed by atoms with E-state index in [2.05, 4.69) is 10.3 Å². The van der Waals surface area contributed by atoms with Crippen molar-refractivity contribution in [3.05, 3.63) is 64.8 Å². The van der Waals surface area contributed by atoms with E-state index in [1.165, 1.54) is 4.57 Å². The monoisotopic (exact) mass is 367 g/mol. The molecule has 8 nitrogen and oxygen atoms in total. The second-order valence-corrected chi connectivity index (χ2v) is 6.59. The van der Waals surface area contributed by atoms with Gasteiger partial charge in [-0.1, -0.05) is 32.0 Å². The maximum Gasteiger partial charge on any atom is 0.337 e. The molecule has 140 valence electrons. The molecule has 0 saturated heterocycles. The summed E-state index contributed by atoms with van der Waals surface area (Å²) in [5.74, 6) is -0.854. The lowest BCUT2D eigenvalue weighted by molar-refractivity contribution is -0.120. The zero-order valence-corrected chi connectivity index (χ0v) is 15.1. The molecular formula is C19H21N5O3. The zero-order chi connectivity index (χ0) is 19.6. The molecule has 2 aromatic heterocycles. The Labute approximate surface area is 155 Å². The number of nitrogens with two attached hydrogens (primary N) is 1. The number of fused-ring (bicyclic) bond motifs is 1. The van der Waals surface area contributed by atoms with Crippen LogP contribution in [0.15, 0.2) is 53.5 Å². The van der Waals surface area contributed by atoms with Gasteiger partial charge in [-0.15, -0.1) is 0 Å². The molecule has 8 heteroatoms. The van der Waals surface area contributed by atoms with Crippen LogP contribution in [0.3, 0.4) is 0 Å². The Hall–Kier alpha value is -3.42. The van der Waals surface area contributed by atoms with Gasteiger partial charge in [0.1, 0.15) is 6.04 Å². The first-order chi connectivity index (χ1) is 12.9. The highest BCUT2D eigenvalue weighted by Crippen LogP contribution is 2.14. The van der Waals surface area contributed by atoms with Gasteiger partial charge >= 0.3 is 11.7 Å². The number of carbonyl (C=O) groups is 2. The topological polar surface area (TPSA) is 112 Å². The molecule has 0 aliphatic heterocycles. The lowest BCUT2D eigenvalue weighted by Crippen LogP contribution is -2.50. The van der Waals surface area contributed by atoms with Crippen molar-refractivity contribution in [1.29, 1.82) is 0 Å². The Morgan fingerprint density at radius 1 is 1.11 bits per heavy atom. The standard InChI is InChI=1S/C19H21N5O3/c1-12(2)16(17(20)25)22-18(26)24-15-9-4-3-8-14(15)23(19(24)27)11-13-7-5-6-10-21-13/h3-10,12,16H,11H2,1-2H3,(H2,20,25)(H,22,26)/t16-/m0/s1. The summed E-state index contributed by atoms with van der Waals surface area (Å²) in [7, 11) is 0. The van der Waals surface area contributed by atoms with Gasteiger partial charge < -0.3 is 11.1 Å². The van der Waals surface area contributed by atoms with E-state index in [-0.39, 0.29) is 12.5 Å². The highest BCUT2D eigenvalue weighted by molar-refractivity contribution is 5.92. The van der Waals surface area contributed by atoms with E-state index in [4.69, 9.17) is 5.73 Å². The molecule has 3 N–H and O–H groups in total. The predicted octanol–water partition coefficient (Wildman–Crippen LogP) is 1.31. The van der Waals surface area contributed by atoms with E-state index in [1.54, 1.807) is 56.4 Å². The molecular weight excluding hydrogens is 346 g/mol. The summed E-state index contributed by atoms with van der Waals surface area (Å²) in [6.45, 7) is 3.76. The molecule has 1 atom stereocenters. The summed E-state index contributed by atoms with van der Waals surface area (Å²) in [4.78, 5) is 41.6. The Bertz CT molecular complexity index is 1040. The van der Waals surface area contributed by atoms with Crippen molar-refractivity contribution in [2.45, 2.75) is 26.4 Å². The Balaban J connectivity index is 2.06. The molecule has 0 spiro atoms. The van der Waals surface area contributed by atoms with Crippen LogP contribution in [0.25, 0.3) is 11.0 Å². The third-order valence-corrected chi connectivity index (χ3v) is 4.34. The number of primary amides is 1. The van der Waals surface area contributed by atoms with Crippen LogP contribution in [-0.2, 0) is 11.3 Å². The van der Waals surface area contributed by atoms with E-state index in [1.807, 2.05) is 6.07 Å². The van der Waals surface area contributed by atoms with Crippen LogP contribution in [0.2, 0.25) is 0 Å². The Morgan fingerprint density at radius 3 is 2.37 bits per heavy atom. The maximum absolute atomic E-state index is 13.0. The zero-order valence-electron chi connectivity index (χ0n) is 15.1. The molecule has 0 bridgehead atoms. The minimum Gasteiger partial charge on any atom is -0.368 e. The number of amides is 2. The van der Waals surface area contributed by atoms with Crippen molar-refractivity contribution in [2.24, 2.45) is 11.7 Å². The van der Waals surface area contributed by atoms with Crippen molar-refractivity contribution < 1.29 is 9.59 Å². The normalized spacial score (nSPS) is 12.3. The van der Waals surface area contributed by atoms with Gasteiger partial charge in [0.15, 0.2) is 0 Å². The van der Waals surface area contributed by atoms with E-state index >= 15 is 0 Å². The van der Waals surface area contributed by atoms with Crippen molar-refractivity contribution >= 4 is 23.0 Å². The largest absolute Gasteiger partial charge is 0.368 e. The van der Waals surface area contributed by atoms with Crippen molar-refractivity contribution in [2.75, 3.05) is 0 Å². The van der Waals surface area contributed by atoms with Crippen LogP contribution >= 0.6 is 0 Å². The van der Waals surface area contributed by atoms with E-state index < -0.39 is 23.7 Å². The summed E-state index contributed by atoms with van der Waals surface area (Å²) >= 11 is 0. The summed E-state index contributed by atoms with van der Waals surface area (Å²) < 4.78 is 2.50. The molecule has 27 heavy (non-hydrogen) atoms. The molecule has 0 saturated carbocycles. The third-order valence-electron chi connectivity index (χ3n) is 4.34. The fourth-order valence-electron chi connectivity index (χ4n) is 2.97. The minimum atomic E-state index is -0.873. The number of benzene rings is 1. The Morgan fingerprint density at radius 2 is 1.78 bits per heavy atom. The quantitative estimate of drug-likeness (QED) is 0.708. The average Bonchev–Trinajstić information content (AvgIpc) is 2.92.